The van der Waals surface area contributed by atoms with Crippen LogP contribution in [0.15, 0.2) is 24.3 Å². The number of nitrogens with zero attached hydrogens (tertiary/aromatic N) is 1. The van der Waals surface area contributed by atoms with E-state index in [0.717, 1.165) is 44.6 Å². The zero-order valence-corrected chi connectivity index (χ0v) is 13.7. The van der Waals surface area contributed by atoms with Gasteiger partial charge in [0.25, 0.3) is 0 Å². The molecule has 2 rings (SSSR count). The van der Waals surface area contributed by atoms with Gasteiger partial charge in [-0.25, -0.2) is 0 Å². The molecule has 0 spiro atoms. The third kappa shape index (κ3) is 5.57. The van der Waals surface area contributed by atoms with Crippen LogP contribution in [-0.2, 0) is 9.53 Å². The maximum absolute atomic E-state index is 11.7. The second-order valence-electron chi connectivity index (χ2n) is 5.86. The molecule has 0 saturated carbocycles. The number of esters is 1. The number of piperidine rings is 1. The summed E-state index contributed by atoms with van der Waals surface area (Å²) in [5.41, 5.74) is 0.645. The van der Waals surface area contributed by atoms with Crippen molar-refractivity contribution in [3.05, 3.63) is 29.8 Å². The van der Waals surface area contributed by atoms with Gasteiger partial charge in [0.2, 0.25) is 0 Å². The molecule has 1 fully saturated rings. The Balaban J connectivity index is 1.60. The molecule has 1 aromatic rings. The van der Waals surface area contributed by atoms with Gasteiger partial charge in [-0.1, -0.05) is 0 Å². The van der Waals surface area contributed by atoms with Crippen LogP contribution in [0.5, 0.6) is 5.75 Å². The molecule has 1 saturated heterocycles. The predicted molar refractivity (Wildman–Crippen MR) is 86.2 cm³/mol. The van der Waals surface area contributed by atoms with Crippen molar-refractivity contribution >= 4 is 5.97 Å². The summed E-state index contributed by atoms with van der Waals surface area (Å²) in [5.74, 6) is 0.865. The molecule has 23 heavy (non-hydrogen) atoms. The van der Waals surface area contributed by atoms with Crippen LogP contribution in [0.25, 0.3) is 0 Å². The Morgan fingerprint density at radius 2 is 2.00 bits per heavy atom. The molecular weight excluding hydrogens is 292 g/mol. The van der Waals surface area contributed by atoms with Gasteiger partial charge in [0.05, 0.1) is 50.4 Å². The van der Waals surface area contributed by atoms with E-state index in [1.807, 2.05) is 19.1 Å². The van der Waals surface area contributed by atoms with E-state index in [4.69, 9.17) is 14.7 Å². The Morgan fingerprint density at radius 1 is 1.30 bits per heavy atom. The number of carbonyl (C=O) groups excluding carboxylic acids is 1. The van der Waals surface area contributed by atoms with Crippen molar-refractivity contribution in [2.24, 2.45) is 5.92 Å². The predicted octanol–water partition coefficient (Wildman–Crippen LogP) is 1.19. The summed E-state index contributed by atoms with van der Waals surface area (Å²) in [5, 5.41) is 8.75. The van der Waals surface area contributed by atoms with Gasteiger partial charge in [0, 0.05) is 19.3 Å². The highest BCUT2D eigenvalue weighted by molar-refractivity contribution is 5.72. The molecule has 1 N–H and O–H groups in total. The smallest absolute Gasteiger partial charge is 0.309 e. The third-order valence-electron chi connectivity index (χ3n) is 4.24. The lowest BCUT2D eigenvalue weighted by atomic mass is 9.97. The molecule has 124 valence electrons. The lowest BCUT2D eigenvalue weighted by molar-refractivity contribution is -0.906. The summed E-state index contributed by atoms with van der Waals surface area (Å²) in [7, 11) is 0. The maximum atomic E-state index is 11.7. The molecule has 0 bridgehead atoms. The molecule has 5 heteroatoms. The second-order valence-corrected chi connectivity index (χ2v) is 5.86. The van der Waals surface area contributed by atoms with Gasteiger partial charge < -0.3 is 14.4 Å². The van der Waals surface area contributed by atoms with Crippen molar-refractivity contribution in [1.82, 2.24) is 0 Å². The molecule has 0 atom stereocenters. The highest BCUT2D eigenvalue weighted by Crippen LogP contribution is 2.12. The van der Waals surface area contributed by atoms with Gasteiger partial charge in [-0.2, -0.15) is 5.26 Å². The van der Waals surface area contributed by atoms with Crippen molar-refractivity contribution in [1.29, 1.82) is 5.26 Å². The van der Waals surface area contributed by atoms with Gasteiger partial charge >= 0.3 is 5.97 Å². The molecule has 1 aliphatic rings. The fourth-order valence-electron chi connectivity index (χ4n) is 2.91. The zero-order chi connectivity index (χ0) is 16.5. The van der Waals surface area contributed by atoms with Crippen molar-refractivity contribution in [2.75, 3.05) is 32.8 Å². The minimum absolute atomic E-state index is 0.0318. The van der Waals surface area contributed by atoms with Gasteiger partial charge in [-0.15, -0.1) is 0 Å². The number of rotatable bonds is 7. The van der Waals surface area contributed by atoms with E-state index in [1.165, 1.54) is 4.90 Å². The Bertz CT molecular complexity index is 528. The van der Waals surface area contributed by atoms with Gasteiger partial charge in [0.15, 0.2) is 0 Å². The normalized spacial score (nSPS) is 20.5. The van der Waals surface area contributed by atoms with Crippen LogP contribution in [0.1, 0.15) is 31.7 Å². The summed E-state index contributed by atoms with van der Waals surface area (Å²) in [6, 6.07) is 9.28. The first kappa shape index (κ1) is 17.3. The van der Waals surface area contributed by atoms with E-state index in [-0.39, 0.29) is 11.9 Å². The maximum Gasteiger partial charge on any atom is 0.309 e. The van der Waals surface area contributed by atoms with Gasteiger partial charge in [-0.05, 0) is 31.2 Å². The lowest BCUT2D eigenvalue weighted by Crippen LogP contribution is -3.13. The molecule has 0 aliphatic carbocycles. The number of nitrogens with one attached hydrogen (secondary N) is 1. The highest BCUT2D eigenvalue weighted by atomic mass is 16.5. The Hall–Kier alpha value is -2.06. The number of hydrogen-bond donors (Lipinski definition) is 1. The molecule has 1 aromatic carbocycles. The van der Waals surface area contributed by atoms with Crippen LogP contribution >= 0.6 is 0 Å². The van der Waals surface area contributed by atoms with Crippen LogP contribution in [-0.4, -0.2) is 38.8 Å². The van der Waals surface area contributed by atoms with Crippen molar-refractivity contribution in [3.8, 4) is 11.8 Å². The molecular formula is C18H25N2O3+. The number of hydrogen-bond acceptors (Lipinski definition) is 4. The lowest BCUT2D eigenvalue weighted by Gasteiger charge is -2.28. The zero-order valence-electron chi connectivity index (χ0n) is 13.7. The molecule has 0 unspecified atom stereocenters. The summed E-state index contributed by atoms with van der Waals surface area (Å²) in [6.45, 7) is 6.12. The standard InChI is InChI=1S/C18H24N2O3/c1-2-22-18(21)16-8-11-20(12-9-16)10-3-13-23-17-6-4-15(14-19)5-7-17/h4-7,16H,2-3,8-13H2,1H3/p+1. The van der Waals surface area contributed by atoms with E-state index >= 15 is 0 Å². The number of quaternary nitrogens is 1. The minimum atomic E-state index is -0.0318. The summed E-state index contributed by atoms with van der Waals surface area (Å²) in [6.07, 6.45) is 2.83. The second kappa shape index (κ2) is 9.16. The third-order valence-corrected chi connectivity index (χ3v) is 4.24. The first-order valence-electron chi connectivity index (χ1n) is 8.36. The molecule has 1 aliphatic heterocycles. The molecule has 0 radical (unpaired) electrons. The summed E-state index contributed by atoms with van der Waals surface area (Å²) in [4.78, 5) is 13.2. The van der Waals surface area contributed by atoms with Crippen LogP contribution in [0.4, 0.5) is 0 Å². The first-order valence-corrected chi connectivity index (χ1v) is 8.36. The molecule has 1 heterocycles. The first-order chi connectivity index (χ1) is 11.2. The Labute approximate surface area is 137 Å². The Kier molecular flexibility index (Phi) is 6.89. The average Bonchev–Trinajstić information content (AvgIpc) is 2.60. The van der Waals surface area contributed by atoms with Crippen LogP contribution < -0.4 is 9.64 Å². The number of benzene rings is 1. The fraction of sp³-hybridized carbons (Fsp3) is 0.556. The van der Waals surface area contributed by atoms with E-state index in [9.17, 15) is 4.79 Å². The van der Waals surface area contributed by atoms with Gasteiger partial charge in [-0.3, -0.25) is 4.79 Å². The quantitative estimate of drug-likeness (QED) is 0.606. The number of ether oxygens (including phenoxy) is 2. The number of nitriles is 1. The van der Waals surface area contributed by atoms with E-state index < -0.39 is 0 Å². The van der Waals surface area contributed by atoms with Crippen LogP contribution in [0, 0.1) is 17.2 Å². The largest absolute Gasteiger partial charge is 0.493 e. The fourth-order valence-corrected chi connectivity index (χ4v) is 2.91. The van der Waals surface area contributed by atoms with Crippen molar-refractivity contribution < 1.29 is 19.2 Å². The Morgan fingerprint density at radius 3 is 2.61 bits per heavy atom. The van der Waals surface area contributed by atoms with Crippen molar-refractivity contribution in [2.45, 2.75) is 26.2 Å². The van der Waals surface area contributed by atoms with Crippen LogP contribution in [0.3, 0.4) is 0 Å². The highest BCUT2D eigenvalue weighted by Gasteiger charge is 2.27. The summed E-state index contributed by atoms with van der Waals surface area (Å²) < 4.78 is 10.8. The SMILES string of the molecule is CCOC(=O)C1CC[NH+](CCCOc2ccc(C#N)cc2)CC1. The van der Waals surface area contributed by atoms with E-state index in [2.05, 4.69) is 6.07 Å². The molecule has 0 aromatic heterocycles. The van der Waals surface area contributed by atoms with Crippen molar-refractivity contribution in [3.63, 3.8) is 0 Å². The number of likely N-dealkylation sites (tertiary alicyclic amines) is 1. The average molecular weight is 317 g/mol. The molecule has 5 nitrogen and oxygen atoms in total. The van der Waals surface area contributed by atoms with E-state index in [1.54, 1.807) is 12.1 Å². The van der Waals surface area contributed by atoms with Crippen LogP contribution in [0.2, 0.25) is 0 Å². The van der Waals surface area contributed by atoms with E-state index in [0.29, 0.717) is 18.8 Å². The number of carbonyl (C=O) groups is 1. The monoisotopic (exact) mass is 317 g/mol. The molecule has 0 amide bonds. The topological polar surface area (TPSA) is 63.8 Å². The summed E-state index contributed by atoms with van der Waals surface area (Å²) >= 11 is 0. The van der Waals surface area contributed by atoms with Gasteiger partial charge in [0.1, 0.15) is 5.75 Å². The minimum Gasteiger partial charge on any atom is -0.493 e.